The number of hydrogen-bond acceptors (Lipinski definition) is 9. The lowest BCUT2D eigenvalue weighted by molar-refractivity contribution is -0.290. The minimum Gasteiger partial charge on any atom is -0.481 e. The van der Waals surface area contributed by atoms with Gasteiger partial charge in [-0.15, -0.1) is 0 Å². The Kier molecular flexibility index (Phi) is 9.57. The van der Waals surface area contributed by atoms with E-state index in [1.807, 2.05) is 0 Å². The van der Waals surface area contributed by atoms with Crippen LogP contribution >= 0.6 is 0 Å². The van der Waals surface area contributed by atoms with Crippen molar-refractivity contribution in [2.45, 2.75) is 134 Å². The summed E-state index contributed by atoms with van der Waals surface area (Å²) in [4.78, 5) is 23.1. The zero-order valence-electron chi connectivity index (χ0n) is 26.0. The van der Waals surface area contributed by atoms with Crippen LogP contribution in [0, 0.1) is 46.3 Å². The van der Waals surface area contributed by atoms with Gasteiger partial charge in [-0.3, -0.25) is 9.59 Å². The molecule has 1 amide bonds. The van der Waals surface area contributed by atoms with Gasteiger partial charge in [-0.05, 0) is 97.7 Å². The topological polar surface area (TPSA) is 186 Å². The zero-order chi connectivity index (χ0) is 31.4. The van der Waals surface area contributed by atoms with Gasteiger partial charge in [0.1, 0.15) is 24.4 Å². The summed E-state index contributed by atoms with van der Waals surface area (Å²) in [5.74, 6) is -0.244. The Morgan fingerprint density at radius 1 is 1.02 bits per heavy atom. The number of hydrogen-bond donors (Lipinski definition) is 7. The van der Waals surface area contributed by atoms with Gasteiger partial charge in [-0.2, -0.15) is 0 Å². The van der Waals surface area contributed by atoms with Gasteiger partial charge in [0, 0.05) is 13.3 Å². The van der Waals surface area contributed by atoms with Crippen molar-refractivity contribution in [3.63, 3.8) is 0 Å². The molecule has 16 atom stereocenters. The van der Waals surface area contributed by atoms with Crippen LogP contribution in [0.4, 0.5) is 0 Å². The maximum atomic E-state index is 11.9. The summed E-state index contributed by atoms with van der Waals surface area (Å²) in [6.07, 6.45) is -0.115. The van der Waals surface area contributed by atoms with E-state index < -0.39 is 61.3 Å². The monoisotopic (exact) mass is 611 g/mol. The Hall–Kier alpha value is -1.34. The molecular weight excluding hydrogens is 558 g/mol. The summed E-state index contributed by atoms with van der Waals surface area (Å²) in [6, 6.07) is -0.996. The SMILES string of the molecule is CC(=O)N[C@H]1[C@H](O[C@@H]2CC[C@@]3(C)[C@@H](C2)C[C@@H](O)[C@@H]2[C@@H]3C[C@H](O)[C@]3(C)[C@@H]([C@H](C)CCC(=O)O)CC[C@@H]23)O[C@H](CO)[C@@H](O)[C@@H]1O. The lowest BCUT2D eigenvalue weighted by Crippen LogP contribution is -2.65. The Labute approximate surface area is 254 Å². The maximum Gasteiger partial charge on any atom is 0.303 e. The summed E-state index contributed by atoms with van der Waals surface area (Å²) in [5.41, 5.74) is -0.456. The third-order valence-electron chi connectivity index (χ3n) is 12.9. The van der Waals surface area contributed by atoms with Crippen LogP contribution in [0.25, 0.3) is 0 Å². The van der Waals surface area contributed by atoms with E-state index in [-0.39, 0.29) is 58.9 Å². The van der Waals surface area contributed by atoms with Crippen LogP contribution in [-0.4, -0.2) is 98.1 Å². The summed E-state index contributed by atoms with van der Waals surface area (Å²) >= 11 is 0. The standard InChI is InChI=1S/C32H53NO10/c1-15(5-8-25(38)39)19-6-7-20-26-21(13-24(37)32(19,20)4)31(3)10-9-18(11-17(31)12-22(26)36)42-30-27(33-16(2)35)29(41)28(40)23(14-34)43-30/h15,17-24,26-30,34,36-37,40-41H,5-14H2,1-4H3,(H,33,35)(H,38,39)/t15-,17+,18-,19-,20+,21+,22-,23-,24+,26+,27-,28-,29-,30-,31+,32-/m1/s1. The van der Waals surface area contributed by atoms with Crippen LogP contribution in [0.3, 0.4) is 0 Å². The summed E-state index contributed by atoms with van der Waals surface area (Å²) in [5, 5.41) is 66.1. The predicted molar refractivity (Wildman–Crippen MR) is 154 cm³/mol. The predicted octanol–water partition coefficient (Wildman–Crippen LogP) is 1.42. The molecule has 11 nitrogen and oxygen atoms in total. The number of nitrogens with one attached hydrogen (secondary N) is 1. The first-order chi connectivity index (χ1) is 20.2. The average molecular weight is 612 g/mol. The fraction of sp³-hybridized carbons (Fsp3) is 0.938. The highest BCUT2D eigenvalue weighted by atomic mass is 16.7. The van der Waals surface area contributed by atoms with E-state index in [2.05, 4.69) is 26.1 Å². The molecule has 1 aliphatic heterocycles. The number of fused-ring (bicyclic) bond motifs is 5. The Morgan fingerprint density at radius 3 is 2.40 bits per heavy atom. The van der Waals surface area contributed by atoms with Gasteiger partial charge in [-0.1, -0.05) is 20.8 Å². The molecule has 4 aliphatic carbocycles. The van der Waals surface area contributed by atoms with Gasteiger partial charge in [0.2, 0.25) is 5.91 Å². The quantitative estimate of drug-likeness (QED) is 0.198. The molecule has 0 aromatic heterocycles. The zero-order valence-corrected chi connectivity index (χ0v) is 26.0. The number of rotatable bonds is 8. The van der Waals surface area contributed by atoms with Crippen molar-refractivity contribution in [1.82, 2.24) is 5.32 Å². The number of ether oxygens (including phenoxy) is 2. The van der Waals surface area contributed by atoms with Gasteiger partial charge in [0.15, 0.2) is 6.29 Å². The highest BCUT2D eigenvalue weighted by Gasteiger charge is 2.66. The number of aliphatic hydroxyl groups excluding tert-OH is 5. The number of carboxylic acid groups (broad SMARTS) is 1. The normalized spacial score (nSPS) is 50.2. The molecule has 5 rings (SSSR count). The number of carboxylic acids is 1. The lowest BCUT2D eigenvalue weighted by atomic mass is 9.43. The highest BCUT2D eigenvalue weighted by Crippen LogP contribution is 2.68. The van der Waals surface area contributed by atoms with E-state index in [9.17, 15) is 40.2 Å². The minimum absolute atomic E-state index is 0.0802. The van der Waals surface area contributed by atoms with E-state index in [1.165, 1.54) is 6.92 Å². The molecule has 0 aromatic rings. The average Bonchev–Trinajstić information content (AvgIpc) is 3.30. The van der Waals surface area contributed by atoms with Gasteiger partial charge < -0.3 is 45.4 Å². The lowest BCUT2D eigenvalue weighted by Gasteiger charge is -2.63. The van der Waals surface area contributed by atoms with Crippen molar-refractivity contribution in [3.05, 3.63) is 0 Å². The van der Waals surface area contributed by atoms with Gasteiger partial charge in [-0.25, -0.2) is 0 Å². The van der Waals surface area contributed by atoms with Crippen molar-refractivity contribution in [2.24, 2.45) is 46.3 Å². The van der Waals surface area contributed by atoms with Crippen molar-refractivity contribution < 1.29 is 49.7 Å². The second-order valence-electron chi connectivity index (χ2n) is 15.0. The molecule has 1 heterocycles. The van der Waals surface area contributed by atoms with E-state index in [1.54, 1.807) is 0 Å². The number of carbonyl (C=O) groups is 2. The minimum atomic E-state index is -1.37. The van der Waals surface area contributed by atoms with Gasteiger partial charge in [0.25, 0.3) is 0 Å². The van der Waals surface area contributed by atoms with Crippen molar-refractivity contribution in [1.29, 1.82) is 0 Å². The molecule has 0 aromatic carbocycles. The van der Waals surface area contributed by atoms with E-state index in [0.717, 1.165) is 19.3 Å². The number of aliphatic carboxylic acids is 1. The Balaban J connectivity index is 1.31. The molecule has 0 radical (unpaired) electrons. The molecule has 5 aliphatic rings. The van der Waals surface area contributed by atoms with E-state index >= 15 is 0 Å². The molecule has 11 heteroatoms. The second-order valence-corrected chi connectivity index (χ2v) is 15.0. The van der Waals surface area contributed by atoms with Crippen LogP contribution < -0.4 is 5.32 Å². The molecule has 0 bridgehead atoms. The Morgan fingerprint density at radius 2 is 1.74 bits per heavy atom. The van der Waals surface area contributed by atoms with Crippen LogP contribution in [0.15, 0.2) is 0 Å². The summed E-state index contributed by atoms with van der Waals surface area (Å²) in [7, 11) is 0. The first-order valence-corrected chi connectivity index (χ1v) is 16.3. The fourth-order valence-corrected chi connectivity index (χ4v) is 10.6. The third-order valence-corrected chi connectivity index (χ3v) is 12.9. The Bertz CT molecular complexity index is 1030. The van der Waals surface area contributed by atoms with Crippen LogP contribution in [0.2, 0.25) is 0 Å². The first-order valence-electron chi connectivity index (χ1n) is 16.3. The van der Waals surface area contributed by atoms with Gasteiger partial charge in [0.05, 0.1) is 24.9 Å². The molecule has 0 spiro atoms. The highest BCUT2D eigenvalue weighted by molar-refractivity contribution is 5.73. The molecule has 43 heavy (non-hydrogen) atoms. The molecule has 246 valence electrons. The first kappa shape index (κ1) is 33.0. The molecule has 7 N–H and O–H groups in total. The van der Waals surface area contributed by atoms with Crippen LogP contribution in [0.5, 0.6) is 0 Å². The molecule has 5 fully saturated rings. The van der Waals surface area contributed by atoms with Crippen molar-refractivity contribution in [2.75, 3.05) is 6.61 Å². The van der Waals surface area contributed by atoms with E-state index in [0.29, 0.717) is 32.1 Å². The summed E-state index contributed by atoms with van der Waals surface area (Å²) in [6.45, 7) is 7.40. The number of carbonyl (C=O) groups excluding carboxylic acids is 1. The molecular formula is C32H53NO10. The fourth-order valence-electron chi connectivity index (χ4n) is 10.6. The van der Waals surface area contributed by atoms with Crippen LogP contribution in [-0.2, 0) is 19.1 Å². The van der Waals surface area contributed by atoms with Crippen molar-refractivity contribution in [3.8, 4) is 0 Å². The van der Waals surface area contributed by atoms with Crippen molar-refractivity contribution >= 4 is 11.9 Å². The number of amides is 1. The smallest absolute Gasteiger partial charge is 0.303 e. The molecule has 4 saturated carbocycles. The number of aliphatic hydroxyl groups is 5. The van der Waals surface area contributed by atoms with Gasteiger partial charge >= 0.3 is 5.97 Å². The maximum absolute atomic E-state index is 11.9. The van der Waals surface area contributed by atoms with Crippen LogP contribution in [0.1, 0.15) is 85.5 Å². The largest absolute Gasteiger partial charge is 0.481 e. The second kappa shape index (κ2) is 12.5. The summed E-state index contributed by atoms with van der Waals surface area (Å²) < 4.78 is 12.2. The third kappa shape index (κ3) is 5.77. The molecule has 1 saturated heterocycles. The van der Waals surface area contributed by atoms with E-state index in [4.69, 9.17) is 9.47 Å². The molecule has 0 unspecified atom stereocenters.